The van der Waals surface area contributed by atoms with Gasteiger partial charge in [0.2, 0.25) is 0 Å². The molecule has 0 spiro atoms. The fourth-order valence-electron chi connectivity index (χ4n) is 3.81. The van der Waals surface area contributed by atoms with Crippen LogP contribution >= 0.6 is 0 Å². The molecule has 0 saturated carbocycles. The zero-order valence-electron chi connectivity index (χ0n) is 15.1. The quantitative estimate of drug-likeness (QED) is 0.572. The lowest BCUT2D eigenvalue weighted by molar-refractivity contribution is 0.0684. The molecule has 0 aromatic carbocycles. The van der Waals surface area contributed by atoms with E-state index in [-0.39, 0.29) is 17.2 Å². The molecule has 1 aliphatic heterocycles. The van der Waals surface area contributed by atoms with E-state index in [0.29, 0.717) is 18.7 Å². The minimum atomic E-state index is -1.32. The van der Waals surface area contributed by atoms with Crippen molar-refractivity contribution in [1.82, 2.24) is 34.7 Å². The molecule has 142 valence electrons. The number of aromatic nitrogens is 6. The Kier molecular flexibility index (Phi) is 3.75. The maximum Gasteiger partial charge on any atom is 0.258 e. The van der Waals surface area contributed by atoms with Gasteiger partial charge in [0.25, 0.3) is 5.91 Å². The highest BCUT2D eigenvalue weighted by Crippen LogP contribution is 2.35. The molecule has 28 heavy (non-hydrogen) atoms. The van der Waals surface area contributed by atoms with E-state index in [4.69, 9.17) is 0 Å². The zero-order chi connectivity index (χ0) is 19.3. The molecule has 1 unspecified atom stereocenters. The summed E-state index contributed by atoms with van der Waals surface area (Å²) in [6.45, 7) is 1.85. The van der Waals surface area contributed by atoms with Crippen molar-refractivity contribution in [3.8, 4) is 0 Å². The van der Waals surface area contributed by atoms with Gasteiger partial charge in [-0.1, -0.05) is 6.07 Å². The van der Waals surface area contributed by atoms with Crippen LogP contribution in [-0.2, 0) is 6.42 Å². The number of H-pyrrole nitrogens is 2. The number of carbonyl (C=O) groups excluding carboxylic acids is 1. The summed E-state index contributed by atoms with van der Waals surface area (Å²) in [6, 6.07) is 7.28. The SMILES string of the molecule is CC(F)c1[nH]ncc1C(=O)N1CCc2[nH]cnc2[C@@H]1c1cc2ccccn2n1. The predicted octanol–water partition coefficient (Wildman–Crippen LogP) is 2.60. The monoisotopic (exact) mass is 379 g/mol. The van der Waals surface area contributed by atoms with E-state index >= 15 is 0 Å². The summed E-state index contributed by atoms with van der Waals surface area (Å²) in [7, 11) is 0. The lowest BCUT2D eigenvalue weighted by atomic mass is 9.98. The maximum absolute atomic E-state index is 13.9. The molecule has 0 bridgehead atoms. The normalized spacial score (nSPS) is 17.6. The molecular weight excluding hydrogens is 361 g/mol. The Bertz CT molecular complexity index is 1120. The second-order valence-electron chi connectivity index (χ2n) is 6.87. The number of nitrogens with zero attached hydrogens (tertiary/aromatic N) is 5. The number of hydrogen-bond donors (Lipinski definition) is 2. The second kappa shape index (κ2) is 6.29. The Morgan fingerprint density at radius 3 is 3.11 bits per heavy atom. The highest BCUT2D eigenvalue weighted by Gasteiger charge is 2.37. The van der Waals surface area contributed by atoms with Crippen LogP contribution < -0.4 is 0 Å². The van der Waals surface area contributed by atoms with Crippen LogP contribution in [0.4, 0.5) is 4.39 Å². The lowest BCUT2D eigenvalue weighted by Gasteiger charge is -2.34. The maximum atomic E-state index is 13.9. The van der Waals surface area contributed by atoms with Gasteiger partial charge in [-0.05, 0) is 25.1 Å². The van der Waals surface area contributed by atoms with Crippen LogP contribution in [0.3, 0.4) is 0 Å². The number of imidazole rings is 1. The van der Waals surface area contributed by atoms with Gasteiger partial charge in [-0.2, -0.15) is 10.2 Å². The Morgan fingerprint density at radius 2 is 2.29 bits per heavy atom. The first-order chi connectivity index (χ1) is 13.6. The topological polar surface area (TPSA) is 95.0 Å². The molecule has 0 saturated heterocycles. The van der Waals surface area contributed by atoms with Crippen LogP contribution in [0, 0.1) is 0 Å². The molecule has 0 radical (unpaired) electrons. The van der Waals surface area contributed by atoms with E-state index in [2.05, 4.69) is 25.3 Å². The highest BCUT2D eigenvalue weighted by molar-refractivity contribution is 5.96. The molecule has 9 heteroatoms. The molecule has 2 atom stereocenters. The largest absolute Gasteiger partial charge is 0.348 e. The molecule has 0 fully saturated rings. The minimum Gasteiger partial charge on any atom is -0.348 e. The fourth-order valence-corrected chi connectivity index (χ4v) is 3.81. The van der Waals surface area contributed by atoms with Crippen molar-refractivity contribution >= 4 is 11.4 Å². The average molecular weight is 379 g/mol. The Morgan fingerprint density at radius 1 is 1.39 bits per heavy atom. The molecule has 4 aromatic heterocycles. The van der Waals surface area contributed by atoms with Gasteiger partial charge in [-0.25, -0.2) is 13.9 Å². The van der Waals surface area contributed by atoms with Crippen molar-refractivity contribution in [3.05, 3.63) is 71.3 Å². The van der Waals surface area contributed by atoms with Crippen LogP contribution in [0.2, 0.25) is 0 Å². The Labute approximate surface area is 159 Å². The average Bonchev–Trinajstić information content (AvgIpc) is 3.44. The van der Waals surface area contributed by atoms with Gasteiger partial charge in [0, 0.05) is 24.9 Å². The summed E-state index contributed by atoms with van der Waals surface area (Å²) >= 11 is 0. The van der Waals surface area contributed by atoms with Crippen molar-refractivity contribution < 1.29 is 9.18 Å². The molecule has 0 aliphatic carbocycles. The summed E-state index contributed by atoms with van der Waals surface area (Å²) in [5, 5.41) is 11.1. The molecular formula is C19H18FN7O. The summed E-state index contributed by atoms with van der Waals surface area (Å²) in [4.78, 5) is 22.7. The predicted molar refractivity (Wildman–Crippen MR) is 98.5 cm³/mol. The number of halogens is 1. The number of pyridine rings is 1. The fraction of sp³-hybridized carbons (Fsp3) is 0.263. The van der Waals surface area contributed by atoms with Crippen LogP contribution in [0.1, 0.15) is 52.3 Å². The Hall–Kier alpha value is -3.49. The van der Waals surface area contributed by atoms with Gasteiger partial charge in [-0.3, -0.25) is 9.89 Å². The minimum absolute atomic E-state index is 0.187. The highest BCUT2D eigenvalue weighted by atomic mass is 19.1. The zero-order valence-corrected chi connectivity index (χ0v) is 15.1. The van der Waals surface area contributed by atoms with Gasteiger partial charge in [0.15, 0.2) is 0 Å². The van der Waals surface area contributed by atoms with Crippen LogP contribution in [0.15, 0.2) is 43.0 Å². The van der Waals surface area contributed by atoms with Crippen LogP contribution in [-0.4, -0.2) is 47.1 Å². The Balaban J connectivity index is 1.62. The van der Waals surface area contributed by atoms with E-state index in [9.17, 15) is 9.18 Å². The smallest absolute Gasteiger partial charge is 0.258 e. The van der Waals surface area contributed by atoms with Gasteiger partial charge >= 0.3 is 0 Å². The summed E-state index contributed by atoms with van der Waals surface area (Å²) in [6.07, 6.45) is 4.20. The molecule has 1 aliphatic rings. The molecule has 5 rings (SSSR count). The molecule has 2 N–H and O–H groups in total. The first-order valence-electron chi connectivity index (χ1n) is 9.08. The third-order valence-corrected chi connectivity index (χ3v) is 5.15. The van der Waals surface area contributed by atoms with E-state index in [1.165, 1.54) is 13.1 Å². The van der Waals surface area contributed by atoms with Crippen molar-refractivity contribution in [1.29, 1.82) is 0 Å². The number of nitrogens with one attached hydrogen (secondary N) is 2. The lowest BCUT2D eigenvalue weighted by Crippen LogP contribution is -2.41. The van der Waals surface area contributed by atoms with Gasteiger partial charge in [0.1, 0.15) is 12.2 Å². The van der Waals surface area contributed by atoms with Gasteiger partial charge in [0.05, 0.1) is 40.7 Å². The van der Waals surface area contributed by atoms with Crippen molar-refractivity contribution in [2.75, 3.05) is 6.54 Å². The number of hydrogen-bond acceptors (Lipinski definition) is 4. The standard InChI is InChI=1S/C19H18FN7O/c1-11(20)16-13(9-23-24-16)19(28)26-7-5-14-17(22-10-21-14)18(26)15-8-12-4-2-3-6-27(12)25-15/h2-4,6,8-11,18H,5,7H2,1H3,(H,21,22)(H,23,24)/t11?,18-/m0/s1. The van der Waals surface area contributed by atoms with Gasteiger partial charge in [-0.15, -0.1) is 0 Å². The second-order valence-corrected chi connectivity index (χ2v) is 6.87. The number of rotatable bonds is 3. The number of carbonyl (C=O) groups is 1. The summed E-state index contributed by atoms with van der Waals surface area (Å²) in [5.74, 6) is -0.288. The van der Waals surface area contributed by atoms with Crippen molar-refractivity contribution in [2.24, 2.45) is 0 Å². The van der Waals surface area contributed by atoms with E-state index in [1.807, 2.05) is 30.5 Å². The van der Waals surface area contributed by atoms with Crippen molar-refractivity contribution in [2.45, 2.75) is 25.6 Å². The molecule has 4 aromatic rings. The first kappa shape index (κ1) is 16.7. The number of fused-ring (bicyclic) bond motifs is 2. The molecule has 8 nitrogen and oxygen atoms in total. The van der Waals surface area contributed by atoms with Gasteiger partial charge < -0.3 is 9.88 Å². The molecule has 5 heterocycles. The van der Waals surface area contributed by atoms with E-state index in [1.54, 1.807) is 15.7 Å². The van der Waals surface area contributed by atoms with E-state index < -0.39 is 12.2 Å². The number of alkyl halides is 1. The van der Waals surface area contributed by atoms with E-state index in [0.717, 1.165) is 16.9 Å². The summed E-state index contributed by atoms with van der Waals surface area (Å²) < 4.78 is 15.7. The first-order valence-corrected chi connectivity index (χ1v) is 9.08. The third-order valence-electron chi connectivity index (χ3n) is 5.15. The van der Waals surface area contributed by atoms with Crippen LogP contribution in [0.25, 0.3) is 5.52 Å². The summed E-state index contributed by atoms with van der Waals surface area (Å²) in [5.41, 5.74) is 3.81. The number of amides is 1. The molecule has 1 amide bonds. The van der Waals surface area contributed by atoms with Crippen molar-refractivity contribution in [3.63, 3.8) is 0 Å². The number of aromatic amines is 2. The third kappa shape index (κ3) is 2.50. The van der Waals surface area contributed by atoms with Crippen LogP contribution in [0.5, 0.6) is 0 Å².